The van der Waals surface area contributed by atoms with Gasteiger partial charge >= 0.3 is 0 Å². The zero-order valence-electron chi connectivity index (χ0n) is 10.6. The molecule has 0 fully saturated rings. The predicted molar refractivity (Wildman–Crippen MR) is 77.0 cm³/mol. The second kappa shape index (κ2) is 5.63. The highest BCUT2D eigenvalue weighted by atomic mass is 79.9. The molecule has 0 radical (unpaired) electrons. The highest BCUT2D eigenvalue weighted by Crippen LogP contribution is 2.20. The Morgan fingerprint density at radius 3 is 2.56 bits per heavy atom. The van der Waals surface area contributed by atoms with Crippen LogP contribution in [-0.2, 0) is 0 Å². The van der Waals surface area contributed by atoms with E-state index < -0.39 is 6.23 Å². The molecule has 0 spiro atoms. The molecule has 1 aromatic rings. The first-order valence-corrected chi connectivity index (χ1v) is 6.63. The SMILES string of the molecule is Cc1cccc(C)c1NC(O)CN1C=CN(Br)C1. The first kappa shape index (κ1) is 13.2. The molecule has 0 amide bonds. The minimum absolute atomic E-state index is 0.548. The molecule has 0 bridgehead atoms. The van der Waals surface area contributed by atoms with Crippen LogP contribution in [-0.4, -0.2) is 33.4 Å². The zero-order valence-corrected chi connectivity index (χ0v) is 12.2. The van der Waals surface area contributed by atoms with Gasteiger partial charge in [0.15, 0.2) is 0 Å². The van der Waals surface area contributed by atoms with E-state index in [1.165, 1.54) is 0 Å². The average Bonchev–Trinajstić information content (AvgIpc) is 2.69. The van der Waals surface area contributed by atoms with Crippen molar-refractivity contribution < 1.29 is 5.11 Å². The lowest BCUT2D eigenvalue weighted by Gasteiger charge is -2.23. The van der Waals surface area contributed by atoms with Crippen LogP contribution in [0.4, 0.5) is 5.69 Å². The van der Waals surface area contributed by atoms with Crippen molar-refractivity contribution in [1.82, 2.24) is 8.83 Å². The molecule has 1 unspecified atom stereocenters. The predicted octanol–water partition coefficient (Wildman–Crippen LogP) is 2.39. The molecule has 2 rings (SSSR count). The van der Waals surface area contributed by atoms with Crippen LogP contribution in [0.5, 0.6) is 0 Å². The van der Waals surface area contributed by atoms with Gasteiger partial charge in [0.25, 0.3) is 0 Å². The number of hydrogen-bond acceptors (Lipinski definition) is 4. The van der Waals surface area contributed by atoms with E-state index in [2.05, 4.69) is 21.5 Å². The molecular weight excluding hydrogens is 294 g/mol. The van der Waals surface area contributed by atoms with Gasteiger partial charge in [0, 0.05) is 18.1 Å². The molecule has 1 aliphatic rings. The van der Waals surface area contributed by atoms with Gasteiger partial charge < -0.3 is 15.3 Å². The van der Waals surface area contributed by atoms with Crippen LogP contribution in [0.3, 0.4) is 0 Å². The fourth-order valence-electron chi connectivity index (χ4n) is 2.03. The lowest BCUT2D eigenvalue weighted by atomic mass is 10.1. The van der Waals surface area contributed by atoms with Crippen molar-refractivity contribution in [3.63, 3.8) is 0 Å². The smallest absolute Gasteiger partial charge is 0.142 e. The van der Waals surface area contributed by atoms with Crippen LogP contribution in [0.25, 0.3) is 0 Å². The van der Waals surface area contributed by atoms with Crippen LogP contribution in [0.1, 0.15) is 11.1 Å². The van der Waals surface area contributed by atoms with E-state index in [0.29, 0.717) is 6.54 Å². The number of rotatable bonds is 4. The fraction of sp³-hybridized carbons (Fsp3) is 0.385. The monoisotopic (exact) mass is 311 g/mol. The van der Waals surface area contributed by atoms with Crippen molar-refractivity contribution in [3.05, 3.63) is 41.7 Å². The van der Waals surface area contributed by atoms with Crippen LogP contribution in [0.15, 0.2) is 30.6 Å². The summed E-state index contributed by atoms with van der Waals surface area (Å²) < 4.78 is 1.89. The van der Waals surface area contributed by atoms with Gasteiger partial charge in [-0.25, -0.2) is 0 Å². The van der Waals surface area contributed by atoms with Gasteiger partial charge in [0.2, 0.25) is 0 Å². The van der Waals surface area contributed by atoms with E-state index in [4.69, 9.17) is 0 Å². The molecule has 0 saturated heterocycles. The molecule has 4 nitrogen and oxygen atoms in total. The first-order valence-electron chi connectivity index (χ1n) is 5.92. The Morgan fingerprint density at radius 2 is 2.00 bits per heavy atom. The largest absolute Gasteiger partial charge is 0.372 e. The molecular formula is C13H18BrN3O. The third-order valence-electron chi connectivity index (χ3n) is 2.96. The second-order valence-corrected chi connectivity index (χ2v) is 5.45. The summed E-state index contributed by atoms with van der Waals surface area (Å²) in [6.45, 7) is 5.37. The highest BCUT2D eigenvalue weighted by Gasteiger charge is 2.15. The molecule has 18 heavy (non-hydrogen) atoms. The fourth-order valence-corrected chi connectivity index (χ4v) is 2.42. The molecule has 1 aromatic carbocycles. The maximum atomic E-state index is 10.1. The normalized spacial score (nSPS) is 16.2. The molecule has 0 aromatic heterocycles. The molecule has 1 heterocycles. The van der Waals surface area contributed by atoms with Gasteiger partial charge in [-0.05, 0) is 25.0 Å². The van der Waals surface area contributed by atoms with Gasteiger partial charge in [-0.15, -0.1) is 0 Å². The van der Waals surface area contributed by atoms with Crippen LogP contribution in [0.2, 0.25) is 0 Å². The van der Waals surface area contributed by atoms with Crippen LogP contribution in [0, 0.1) is 13.8 Å². The van der Waals surface area contributed by atoms with Gasteiger partial charge in [0.05, 0.1) is 22.7 Å². The molecule has 5 heteroatoms. The maximum absolute atomic E-state index is 10.1. The third kappa shape index (κ3) is 3.17. The number of nitrogens with one attached hydrogen (secondary N) is 1. The summed E-state index contributed by atoms with van der Waals surface area (Å²) in [6.07, 6.45) is 3.28. The zero-order chi connectivity index (χ0) is 13.1. The van der Waals surface area contributed by atoms with E-state index in [1.807, 2.05) is 53.3 Å². The van der Waals surface area contributed by atoms with Crippen molar-refractivity contribution >= 4 is 21.8 Å². The van der Waals surface area contributed by atoms with Gasteiger partial charge in [0.1, 0.15) is 12.9 Å². The van der Waals surface area contributed by atoms with Crippen molar-refractivity contribution in [1.29, 1.82) is 0 Å². The van der Waals surface area contributed by atoms with Crippen molar-refractivity contribution in [2.45, 2.75) is 20.1 Å². The van der Waals surface area contributed by atoms with E-state index in [0.717, 1.165) is 23.5 Å². The molecule has 1 atom stereocenters. The molecule has 98 valence electrons. The van der Waals surface area contributed by atoms with Gasteiger partial charge in [-0.2, -0.15) is 0 Å². The summed E-state index contributed by atoms with van der Waals surface area (Å²) in [4.78, 5) is 2.03. The number of anilines is 1. The van der Waals surface area contributed by atoms with E-state index in [-0.39, 0.29) is 0 Å². The Kier molecular flexibility index (Phi) is 4.14. The first-order chi connectivity index (χ1) is 8.56. The Labute approximate surface area is 116 Å². The Balaban J connectivity index is 1.95. The Morgan fingerprint density at radius 1 is 1.33 bits per heavy atom. The molecule has 2 N–H and O–H groups in total. The standard InChI is InChI=1S/C13H18BrN3O/c1-10-4-3-5-11(2)13(10)15-12(18)8-16-6-7-17(14)9-16/h3-7,12,15,18H,8-9H2,1-2H3. The number of β-amino-alcohol motifs (C(OH)–C–C–N with tert-alkyl or cyclic N) is 1. The lowest BCUT2D eigenvalue weighted by molar-refractivity contribution is 0.156. The topological polar surface area (TPSA) is 38.7 Å². The number of para-hydroxylation sites is 1. The number of halogens is 1. The summed E-state index contributed by atoms with van der Waals surface area (Å²) in [5, 5.41) is 13.2. The number of aryl methyl sites for hydroxylation is 2. The summed E-state index contributed by atoms with van der Waals surface area (Å²) >= 11 is 3.36. The summed E-state index contributed by atoms with van der Waals surface area (Å²) in [5.41, 5.74) is 3.31. The minimum Gasteiger partial charge on any atom is -0.372 e. The maximum Gasteiger partial charge on any atom is 0.142 e. The van der Waals surface area contributed by atoms with Crippen LogP contribution < -0.4 is 5.32 Å². The summed E-state index contributed by atoms with van der Waals surface area (Å²) in [5.74, 6) is 0. The second-order valence-electron chi connectivity index (χ2n) is 4.54. The van der Waals surface area contributed by atoms with Crippen molar-refractivity contribution in [3.8, 4) is 0 Å². The molecule has 0 aliphatic carbocycles. The van der Waals surface area contributed by atoms with Crippen molar-refractivity contribution in [2.24, 2.45) is 0 Å². The number of hydrogen-bond donors (Lipinski definition) is 2. The average molecular weight is 312 g/mol. The van der Waals surface area contributed by atoms with E-state index in [1.54, 1.807) is 0 Å². The highest BCUT2D eigenvalue weighted by molar-refractivity contribution is 9.07. The number of benzene rings is 1. The number of aliphatic hydroxyl groups is 1. The van der Waals surface area contributed by atoms with Crippen molar-refractivity contribution in [2.75, 3.05) is 18.5 Å². The Hall–Kier alpha value is -1.20. The quantitative estimate of drug-likeness (QED) is 0.661. The van der Waals surface area contributed by atoms with Gasteiger partial charge in [-0.3, -0.25) is 3.93 Å². The minimum atomic E-state index is -0.589. The number of aliphatic hydroxyl groups excluding tert-OH is 1. The molecule has 0 saturated carbocycles. The van der Waals surface area contributed by atoms with E-state index >= 15 is 0 Å². The summed E-state index contributed by atoms with van der Waals surface area (Å²) in [7, 11) is 0. The lowest BCUT2D eigenvalue weighted by Crippen LogP contribution is -2.34. The van der Waals surface area contributed by atoms with E-state index in [9.17, 15) is 5.11 Å². The summed E-state index contributed by atoms with van der Waals surface area (Å²) in [6, 6.07) is 6.10. The Bertz CT molecular complexity index is 430. The third-order valence-corrected chi connectivity index (χ3v) is 3.42. The molecule has 1 aliphatic heterocycles. The number of nitrogens with zero attached hydrogens (tertiary/aromatic N) is 2. The van der Waals surface area contributed by atoms with Crippen LogP contribution >= 0.6 is 16.1 Å². The van der Waals surface area contributed by atoms with Gasteiger partial charge in [-0.1, -0.05) is 18.2 Å².